The van der Waals surface area contributed by atoms with E-state index in [9.17, 15) is 14.7 Å². The number of carboxylic acid groups (broad SMARTS) is 1. The highest BCUT2D eigenvalue weighted by Gasteiger charge is 2.19. The van der Waals surface area contributed by atoms with E-state index in [0.29, 0.717) is 6.42 Å². The number of anilines is 1. The highest BCUT2D eigenvalue weighted by molar-refractivity contribution is 5.95. The third kappa shape index (κ3) is 5.83. The Kier molecular flexibility index (Phi) is 5.32. The van der Waals surface area contributed by atoms with Crippen LogP contribution < -0.4 is 11.1 Å². The summed E-state index contributed by atoms with van der Waals surface area (Å²) < 4.78 is 0. The van der Waals surface area contributed by atoms with Crippen LogP contribution in [0.4, 0.5) is 5.69 Å². The fraction of sp³-hybridized carbons (Fsp3) is 0.467. The Morgan fingerprint density at radius 3 is 2.48 bits per heavy atom. The van der Waals surface area contributed by atoms with Crippen molar-refractivity contribution in [3.8, 4) is 5.75 Å². The monoisotopic (exact) mass is 294 g/mol. The standard InChI is InChI=1S/C15H22N2O4/c1-15(2,3)8-10(16)7-13(19)17-11-6-9(14(20)21)4-5-12(11)18/h4-6,10,18H,7-8,16H2,1-3H3,(H,17,19)(H,20,21). The first-order valence-electron chi connectivity index (χ1n) is 6.70. The quantitative estimate of drug-likeness (QED) is 0.622. The van der Waals surface area contributed by atoms with E-state index in [1.807, 2.05) is 20.8 Å². The van der Waals surface area contributed by atoms with Gasteiger partial charge in [0.25, 0.3) is 0 Å². The van der Waals surface area contributed by atoms with Crippen LogP contribution in [0.1, 0.15) is 44.0 Å². The molecule has 1 atom stereocenters. The normalized spacial score (nSPS) is 12.8. The van der Waals surface area contributed by atoms with Crippen LogP contribution in [0, 0.1) is 5.41 Å². The zero-order valence-corrected chi connectivity index (χ0v) is 12.5. The van der Waals surface area contributed by atoms with Crippen molar-refractivity contribution >= 4 is 17.6 Å². The predicted octanol–water partition coefficient (Wildman–Crippen LogP) is 2.18. The minimum Gasteiger partial charge on any atom is -0.506 e. The molecule has 0 aliphatic heterocycles. The van der Waals surface area contributed by atoms with Crippen LogP contribution in [0.3, 0.4) is 0 Å². The average Bonchev–Trinajstić information content (AvgIpc) is 2.28. The molecule has 5 N–H and O–H groups in total. The van der Waals surface area contributed by atoms with Crippen molar-refractivity contribution in [2.24, 2.45) is 11.1 Å². The Morgan fingerprint density at radius 1 is 1.33 bits per heavy atom. The molecule has 0 aliphatic carbocycles. The second kappa shape index (κ2) is 6.58. The zero-order valence-electron chi connectivity index (χ0n) is 12.5. The van der Waals surface area contributed by atoms with Crippen LogP contribution in [0.15, 0.2) is 18.2 Å². The molecule has 1 rings (SSSR count). The van der Waals surface area contributed by atoms with Gasteiger partial charge in [-0.15, -0.1) is 0 Å². The molecular formula is C15H22N2O4. The van der Waals surface area contributed by atoms with Gasteiger partial charge in [0.15, 0.2) is 0 Å². The second-order valence-electron chi connectivity index (χ2n) is 6.31. The zero-order chi connectivity index (χ0) is 16.2. The predicted molar refractivity (Wildman–Crippen MR) is 80.4 cm³/mol. The van der Waals surface area contributed by atoms with Gasteiger partial charge in [0.05, 0.1) is 11.3 Å². The van der Waals surface area contributed by atoms with Crippen LogP contribution >= 0.6 is 0 Å². The molecular weight excluding hydrogens is 272 g/mol. The maximum atomic E-state index is 11.9. The number of nitrogens with one attached hydrogen (secondary N) is 1. The molecule has 0 spiro atoms. The number of aromatic hydroxyl groups is 1. The first-order valence-corrected chi connectivity index (χ1v) is 6.70. The molecule has 6 heteroatoms. The largest absolute Gasteiger partial charge is 0.506 e. The Bertz CT molecular complexity index is 535. The molecule has 0 bridgehead atoms. The fourth-order valence-corrected chi connectivity index (χ4v) is 2.07. The van der Waals surface area contributed by atoms with Crippen molar-refractivity contribution in [2.75, 3.05) is 5.32 Å². The van der Waals surface area contributed by atoms with E-state index in [-0.39, 0.29) is 40.8 Å². The van der Waals surface area contributed by atoms with Crippen molar-refractivity contribution in [3.63, 3.8) is 0 Å². The summed E-state index contributed by atoms with van der Waals surface area (Å²) in [6.07, 6.45) is 0.787. The minimum atomic E-state index is -1.13. The van der Waals surface area contributed by atoms with Crippen molar-refractivity contribution in [1.29, 1.82) is 0 Å². The van der Waals surface area contributed by atoms with E-state index in [1.54, 1.807) is 0 Å². The van der Waals surface area contributed by atoms with E-state index in [0.717, 1.165) is 0 Å². The lowest BCUT2D eigenvalue weighted by atomic mass is 9.87. The van der Waals surface area contributed by atoms with Gasteiger partial charge < -0.3 is 21.3 Å². The summed E-state index contributed by atoms with van der Waals surface area (Å²) in [5.41, 5.74) is 5.99. The number of amides is 1. The van der Waals surface area contributed by atoms with E-state index in [2.05, 4.69) is 5.32 Å². The van der Waals surface area contributed by atoms with Crippen LogP contribution in [0.2, 0.25) is 0 Å². The molecule has 6 nitrogen and oxygen atoms in total. The van der Waals surface area contributed by atoms with Crippen molar-refractivity contribution in [2.45, 2.75) is 39.7 Å². The van der Waals surface area contributed by atoms with Crippen molar-refractivity contribution in [3.05, 3.63) is 23.8 Å². The molecule has 116 valence electrons. The molecule has 1 unspecified atom stereocenters. The number of hydrogen-bond acceptors (Lipinski definition) is 4. The lowest BCUT2D eigenvalue weighted by molar-refractivity contribution is -0.116. The second-order valence-corrected chi connectivity index (χ2v) is 6.31. The lowest BCUT2D eigenvalue weighted by Crippen LogP contribution is -2.31. The van der Waals surface area contributed by atoms with Gasteiger partial charge in [-0.25, -0.2) is 4.79 Å². The maximum Gasteiger partial charge on any atom is 0.335 e. The van der Waals surface area contributed by atoms with Crippen molar-refractivity contribution in [1.82, 2.24) is 0 Å². The Labute approximate surface area is 124 Å². The lowest BCUT2D eigenvalue weighted by Gasteiger charge is -2.22. The number of carboxylic acids is 1. The summed E-state index contributed by atoms with van der Waals surface area (Å²) in [7, 11) is 0. The molecule has 0 saturated heterocycles. The van der Waals surface area contributed by atoms with Gasteiger partial charge >= 0.3 is 5.97 Å². The number of benzene rings is 1. The van der Waals surface area contributed by atoms with Gasteiger partial charge in [0.1, 0.15) is 5.75 Å². The van der Waals surface area contributed by atoms with Gasteiger partial charge in [-0.1, -0.05) is 20.8 Å². The molecule has 0 heterocycles. The third-order valence-corrected chi connectivity index (χ3v) is 2.84. The summed E-state index contributed by atoms with van der Waals surface area (Å²) in [6.45, 7) is 6.10. The molecule has 0 radical (unpaired) electrons. The summed E-state index contributed by atoms with van der Waals surface area (Å²) >= 11 is 0. The van der Waals surface area contributed by atoms with E-state index in [1.165, 1.54) is 18.2 Å². The number of phenols is 1. The number of carbonyl (C=O) groups excluding carboxylic acids is 1. The van der Waals surface area contributed by atoms with Crippen LogP contribution in [-0.4, -0.2) is 28.1 Å². The average molecular weight is 294 g/mol. The fourth-order valence-electron chi connectivity index (χ4n) is 2.07. The number of nitrogens with two attached hydrogens (primary N) is 1. The summed E-state index contributed by atoms with van der Waals surface area (Å²) in [4.78, 5) is 22.8. The number of hydrogen-bond donors (Lipinski definition) is 4. The Hall–Kier alpha value is -2.08. The maximum absolute atomic E-state index is 11.9. The summed E-state index contributed by atoms with van der Waals surface area (Å²) in [5.74, 6) is -1.67. The smallest absolute Gasteiger partial charge is 0.335 e. The van der Waals surface area contributed by atoms with E-state index >= 15 is 0 Å². The van der Waals surface area contributed by atoms with Gasteiger partial charge in [0.2, 0.25) is 5.91 Å². The van der Waals surface area contributed by atoms with Crippen LogP contribution in [0.25, 0.3) is 0 Å². The number of carbonyl (C=O) groups is 2. The molecule has 0 fully saturated rings. The SMILES string of the molecule is CC(C)(C)CC(N)CC(=O)Nc1cc(C(=O)O)ccc1O. The van der Waals surface area contributed by atoms with Crippen molar-refractivity contribution < 1.29 is 19.8 Å². The number of phenolic OH excluding ortho intramolecular Hbond substituents is 1. The summed E-state index contributed by atoms with van der Waals surface area (Å²) in [5, 5.41) is 21.0. The highest BCUT2D eigenvalue weighted by Crippen LogP contribution is 2.25. The first kappa shape index (κ1) is 17.0. The van der Waals surface area contributed by atoms with E-state index in [4.69, 9.17) is 10.8 Å². The van der Waals surface area contributed by atoms with E-state index < -0.39 is 5.97 Å². The molecule has 1 aromatic carbocycles. The molecule has 0 aliphatic rings. The molecule has 0 aromatic heterocycles. The molecule has 1 aromatic rings. The molecule has 21 heavy (non-hydrogen) atoms. The third-order valence-electron chi connectivity index (χ3n) is 2.84. The Balaban J connectivity index is 2.71. The van der Waals surface area contributed by atoms with Gasteiger partial charge in [-0.05, 0) is 30.0 Å². The Morgan fingerprint density at radius 2 is 1.95 bits per heavy atom. The molecule has 0 saturated carbocycles. The van der Waals surface area contributed by atoms with Gasteiger partial charge in [0, 0.05) is 12.5 Å². The van der Waals surface area contributed by atoms with Crippen LogP contribution in [0.5, 0.6) is 5.75 Å². The minimum absolute atomic E-state index is 0.0120. The number of aromatic carboxylic acids is 1. The summed E-state index contributed by atoms with van der Waals surface area (Å²) in [6, 6.07) is 3.41. The molecule has 1 amide bonds. The van der Waals surface area contributed by atoms with Gasteiger partial charge in [-0.3, -0.25) is 4.79 Å². The van der Waals surface area contributed by atoms with Gasteiger partial charge in [-0.2, -0.15) is 0 Å². The topological polar surface area (TPSA) is 113 Å². The number of rotatable bonds is 5. The first-order chi connectivity index (χ1) is 9.58. The highest BCUT2D eigenvalue weighted by atomic mass is 16.4. The van der Waals surface area contributed by atoms with Crippen LogP contribution in [-0.2, 0) is 4.79 Å².